The van der Waals surface area contributed by atoms with Gasteiger partial charge in [-0.3, -0.25) is 0 Å². The Kier molecular flexibility index (Phi) is 7.02. The SMILES string of the molecule is CON=C(C(=O)OC)c1ccccc1C(S)c1nnc(COc2ccc(F)cc2)o1. The van der Waals surface area contributed by atoms with E-state index in [1.165, 1.54) is 38.5 Å². The lowest BCUT2D eigenvalue weighted by Gasteiger charge is -2.13. The quantitative estimate of drug-likeness (QED) is 0.253. The molecule has 10 heteroatoms. The fourth-order valence-electron chi connectivity index (χ4n) is 2.58. The molecule has 1 heterocycles. The van der Waals surface area contributed by atoms with E-state index >= 15 is 0 Å². The summed E-state index contributed by atoms with van der Waals surface area (Å²) in [5.41, 5.74) is 1.03. The predicted octanol–water partition coefficient (Wildman–Crippen LogP) is 3.33. The molecule has 0 amide bonds. The normalized spacial score (nSPS) is 12.3. The molecule has 1 aromatic heterocycles. The van der Waals surface area contributed by atoms with Gasteiger partial charge in [-0.15, -0.1) is 10.2 Å². The zero-order valence-electron chi connectivity index (χ0n) is 16.1. The Bertz CT molecular complexity index is 1040. The van der Waals surface area contributed by atoms with Crippen molar-refractivity contribution in [3.63, 3.8) is 0 Å². The summed E-state index contributed by atoms with van der Waals surface area (Å²) in [6, 6.07) is 12.5. The number of halogens is 1. The second-order valence-corrected chi connectivity index (χ2v) is 6.40. The standard InChI is InChI=1S/C20H18FN3O5S/c1-26-20(25)17(24-27-2)14-5-3-4-6-15(14)18(30)19-23-22-16(29-19)11-28-13-9-7-12(21)8-10-13/h3-10,18,30H,11H2,1-2H3. The van der Waals surface area contributed by atoms with Crippen LogP contribution in [0.5, 0.6) is 5.75 Å². The number of aromatic nitrogens is 2. The van der Waals surface area contributed by atoms with Gasteiger partial charge in [0.25, 0.3) is 5.89 Å². The summed E-state index contributed by atoms with van der Waals surface area (Å²) in [4.78, 5) is 16.9. The van der Waals surface area contributed by atoms with E-state index in [4.69, 9.17) is 18.7 Å². The first-order valence-corrected chi connectivity index (χ1v) is 9.22. The average molecular weight is 431 g/mol. The van der Waals surface area contributed by atoms with Crippen LogP contribution < -0.4 is 4.74 Å². The number of thiol groups is 1. The first-order chi connectivity index (χ1) is 14.5. The molecule has 0 radical (unpaired) electrons. The number of nitrogens with zero attached hydrogens (tertiary/aromatic N) is 3. The van der Waals surface area contributed by atoms with Crippen LogP contribution in [-0.2, 0) is 21.0 Å². The summed E-state index contributed by atoms with van der Waals surface area (Å²) in [5.74, 6) is -0.150. The molecule has 0 bridgehead atoms. The Hall–Kier alpha value is -3.40. The molecule has 0 aliphatic heterocycles. The molecule has 1 atom stereocenters. The Morgan fingerprint density at radius 2 is 1.90 bits per heavy atom. The van der Waals surface area contributed by atoms with Crippen LogP contribution >= 0.6 is 12.6 Å². The van der Waals surface area contributed by atoms with E-state index in [1.807, 2.05) is 0 Å². The molecule has 0 saturated carbocycles. The number of oxime groups is 1. The highest BCUT2D eigenvalue weighted by Gasteiger charge is 2.25. The molecule has 2 aromatic carbocycles. The van der Waals surface area contributed by atoms with Crippen molar-refractivity contribution in [1.82, 2.24) is 10.2 Å². The van der Waals surface area contributed by atoms with Crippen LogP contribution in [0.2, 0.25) is 0 Å². The monoisotopic (exact) mass is 431 g/mol. The van der Waals surface area contributed by atoms with Gasteiger partial charge in [0.2, 0.25) is 5.89 Å². The van der Waals surface area contributed by atoms with Gasteiger partial charge in [-0.25, -0.2) is 9.18 Å². The van der Waals surface area contributed by atoms with Crippen molar-refractivity contribution in [3.05, 3.63) is 77.3 Å². The molecule has 1 unspecified atom stereocenters. The number of carbonyl (C=O) groups is 1. The lowest BCUT2D eigenvalue weighted by atomic mass is 10.00. The summed E-state index contributed by atoms with van der Waals surface area (Å²) in [7, 11) is 2.58. The maximum atomic E-state index is 13.0. The van der Waals surface area contributed by atoms with E-state index in [-0.39, 0.29) is 29.9 Å². The van der Waals surface area contributed by atoms with E-state index in [1.54, 1.807) is 24.3 Å². The highest BCUT2D eigenvalue weighted by atomic mass is 32.1. The molecule has 30 heavy (non-hydrogen) atoms. The molecular formula is C20H18FN3O5S. The van der Waals surface area contributed by atoms with Crippen LogP contribution in [-0.4, -0.2) is 36.1 Å². The van der Waals surface area contributed by atoms with E-state index in [9.17, 15) is 9.18 Å². The summed E-state index contributed by atoms with van der Waals surface area (Å²) >= 11 is 4.58. The van der Waals surface area contributed by atoms with Crippen LogP contribution in [0.3, 0.4) is 0 Å². The zero-order chi connectivity index (χ0) is 21.5. The van der Waals surface area contributed by atoms with Crippen LogP contribution in [0.25, 0.3) is 0 Å². The second kappa shape index (κ2) is 9.88. The van der Waals surface area contributed by atoms with Crippen molar-refractivity contribution in [1.29, 1.82) is 0 Å². The van der Waals surface area contributed by atoms with Crippen molar-refractivity contribution < 1.29 is 27.9 Å². The third-order valence-electron chi connectivity index (χ3n) is 3.96. The molecule has 156 valence electrons. The van der Waals surface area contributed by atoms with Gasteiger partial charge in [-0.1, -0.05) is 29.4 Å². The lowest BCUT2D eigenvalue weighted by Crippen LogP contribution is -2.20. The maximum Gasteiger partial charge on any atom is 0.360 e. The molecule has 0 fully saturated rings. The lowest BCUT2D eigenvalue weighted by molar-refractivity contribution is -0.132. The number of rotatable bonds is 8. The van der Waals surface area contributed by atoms with Crippen molar-refractivity contribution in [3.8, 4) is 5.75 Å². The highest BCUT2D eigenvalue weighted by molar-refractivity contribution is 7.80. The molecule has 0 N–H and O–H groups in total. The van der Waals surface area contributed by atoms with Crippen molar-refractivity contribution in [2.75, 3.05) is 14.2 Å². The van der Waals surface area contributed by atoms with E-state index in [0.29, 0.717) is 16.9 Å². The third-order valence-corrected chi connectivity index (χ3v) is 4.46. The van der Waals surface area contributed by atoms with E-state index in [2.05, 4.69) is 28.0 Å². The number of benzene rings is 2. The summed E-state index contributed by atoms with van der Waals surface area (Å²) in [6.07, 6.45) is 0. The summed E-state index contributed by atoms with van der Waals surface area (Å²) < 4.78 is 28.9. The highest BCUT2D eigenvalue weighted by Crippen LogP contribution is 2.30. The molecule has 3 aromatic rings. The third kappa shape index (κ3) is 4.95. The zero-order valence-corrected chi connectivity index (χ0v) is 17.0. The number of esters is 1. The predicted molar refractivity (Wildman–Crippen MR) is 108 cm³/mol. The number of carbonyl (C=O) groups excluding carboxylic acids is 1. The molecule has 0 aliphatic carbocycles. The molecule has 3 rings (SSSR count). The van der Waals surface area contributed by atoms with Crippen molar-refractivity contribution in [2.45, 2.75) is 11.9 Å². The molecule has 8 nitrogen and oxygen atoms in total. The van der Waals surface area contributed by atoms with E-state index < -0.39 is 11.2 Å². The van der Waals surface area contributed by atoms with Crippen molar-refractivity contribution in [2.24, 2.45) is 5.16 Å². The van der Waals surface area contributed by atoms with Gasteiger partial charge < -0.3 is 18.7 Å². The number of hydrogen-bond acceptors (Lipinski definition) is 9. The van der Waals surface area contributed by atoms with Gasteiger partial charge >= 0.3 is 5.97 Å². The molecule has 0 saturated heterocycles. The Morgan fingerprint density at radius 1 is 1.17 bits per heavy atom. The van der Waals surface area contributed by atoms with Crippen molar-refractivity contribution >= 4 is 24.3 Å². The maximum absolute atomic E-state index is 13.0. The van der Waals surface area contributed by atoms with Crippen LogP contribution in [0.4, 0.5) is 4.39 Å². The minimum absolute atomic E-state index is 0.000674. The fraction of sp³-hybridized carbons (Fsp3) is 0.200. The Morgan fingerprint density at radius 3 is 2.60 bits per heavy atom. The molecule has 0 spiro atoms. The largest absolute Gasteiger partial charge is 0.484 e. The number of hydrogen-bond donors (Lipinski definition) is 1. The topological polar surface area (TPSA) is 96.0 Å². The van der Waals surface area contributed by atoms with Gasteiger partial charge in [0, 0.05) is 5.56 Å². The fourth-order valence-corrected chi connectivity index (χ4v) is 2.91. The van der Waals surface area contributed by atoms with Crippen LogP contribution in [0.15, 0.2) is 58.1 Å². The molecular weight excluding hydrogens is 413 g/mol. The van der Waals surface area contributed by atoms with Gasteiger partial charge in [-0.2, -0.15) is 12.6 Å². The van der Waals surface area contributed by atoms with E-state index in [0.717, 1.165) is 0 Å². The first kappa shape index (κ1) is 21.3. The Balaban J connectivity index is 1.80. The average Bonchev–Trinajstić information content (AvgIpc) is 3.25. The first-order valence-electron chi connectivity index (χ1n) is 8.71. The summed E-state index contributed by atoms with van der Waals surface area (Å²) in [6.45, 7) is -0.000674. The Labute approximate surface area is 177 Å². The van der Waals surface area contributed by atoms with Gasteiger partial charge in [0.1, 0.15) is 23.9 Å². The number of methoxy groups -OCH3 is 1. The second-order valence-electron chi connectivity index (χ2n) is 5.88. The van der Waals surface area contributed by atoms with Crippen LogP contribution in [0, 0.1) is 5.82 Å². The minimum atomic E-state index is -0.663. The smallest absolute Gasteiger partial charge is 0.360 e. The molecule has 0 aliphatic rings. The van der Waals surface area contributed by atoms with Gasteiger partial charge in [0.05, 0.1) is 7.11 Å². The summed E-state index contributed by atoms with van der Waals surface area (Å²) in [5, 5.41) is 11.1. The van der Waals surface area contributed by atoms with Gasteiger partial charge in [0.15, 0.2) is 12.3 Å². The number of ether oxygens (including phenoxy) is 2. The van der Waals surface area contributed by atoms with Gasteiger partial charge in [-0.05, 0) is 29.8 Å². The van der Waals surface area contributed by atoms with Crippen LogP contribution in [0.1, 0.15) is 28.2 Å². The minimum Gasteiger partial charge on any atom is -0.484 e.